The molecular weight excluding hydrogens is 246 g/mol. The van der Waals surface area contributed by atoms with Crippen LogP contribution in [-0.4, -0.2) is 12.6 Å². The van der Waals surface area contributed by atoms with E-state index in [1.54, 1.807) is 0 Å². The van der Waals surface area contributed by atoms with Crippen LogP contribution in [0.1, 0.15) is 51.5 Å². The van der Waals surface area contributed by atoms with E-state index in [1.807, 2.05) is 25.1 Å². The molecule has 2 nitrogen and oxygen atoms in total. The summed E-state index contributed by atoms with van der Waals surface area (Å²) in [7, 11) is 0. The van der Waals surface area contributed by atoms with Crippen molar-refractivity contribution in [1.82, 2.24) is 0 Å². The number of halogens is 1. The molecule has 0 bridgehead atoms. The Hall–Kier alpha value is -0.730. The molecule has 0 aliphatic carbocycles. The molecule has 18 heavy (non-hydrogen) atoms. The number of ether oxygens (including phenoxy) is 1. The summed E-state index contributed by atoms with van der Waals surface area (Å²) in [4.78, 5) is 0. The monoisotopic (exact) mass is 269 g/mol. The van der Waals surface area contributed by atoms with E-state index in [0.29, 0.717) is 18.6 Å². The molecule has 0 fully saturated rings. The summed E-state index contributed by atoms with van der Waals surface area (Å²) >= 11 is 6.07. The van der Waals surface area contributed by atoms with Gasteiger partial charge in [0.2, 0.25) is 0 Å². The quantitative estimate of drug-likeness (QED) is 0.798. The Morgan fingerprint density at radius 1 is 1.28 bits per heavy atom. The Morgan fingerprint density at radius 3 is 2.61 bits per heavy atom. The molecule has 102 valence electrons. The fourth-order valence-corrected chi connectivity index (χ4v) is 2.20. The lowest BCUT2D eigenvalue weighted by molar-refractivity contribution is 0.333. The molecule has 0 spiro atoms. The van der Waals surface area contributed by atoms with Crippen molar-refractivity contribution in [2.24, 2.45) is 5.73 Å². The highest BCUT2D eigenvalue weighted by molar-refractivity contribution is 6.30. The molecule has 0 saturated heterocycles. The fraction of sp³-hybridized carbons (Fsp3) is 0.600. The van der Waals surface area contributed by atoms with Crippen molar-refractivity contribution in [2.75, 3.05) is 6.61 Å². The summed E-state index contributed by atoms with van der Waals surface area (Å²) in [5, 5.41) is 0.764. The van der Waals surface area contributed by atoms with Crippen molar-refractivity contribution in [3.05, 3.63) is 28.8 Å². The highest BCUT2D eigenvalue weighted by Gasteiger charge is 2.13. The largest absolute Gasteiger partial charge is 0.494 e. The van der Waals surface area contributed by atoms with E-state index < -0.39 is 0 Å². The van der Waals surface area contributed by atoms with E-state index in [4.69, 9.17) is 22.1 Å². The van der Waals surface area contributed by atoms with Gasteiger partial charge in [-0.25, -0.2) is 0 Å². The summed E-state index contributed by atoms with van der Waals surface area (Å²) in [5.41, 5.74) is 7.16. The third kappa shape index (κ3) is 4.51. The van der Waals surface area contributed by atoms with Gasteiger partial charge in [0.1, 0.15) is 5.75 Å². The summed E-state index contributed by atoms with van der Waals surface area (Å²) in [6.07, 6.45) is 3.13. The van der Waals surface area contributed by atoms with Crippen LogP contribution in [0.5, 0.6) is 5.75 Å². The van der Waals surface area contributed by atoms with Gasteiger partial charge in [-0.3, -0.25) is 0 Å². The van der Waals surface area contributed by atoms with Crippen LogP contribution in [0.25, 0.3) is 0 Å². The van der Waals surface area contributed by atoms with Crippen LogP contribution in [-0.2, 0) is 0 Å². The first-order valence-electron chi connectivity index (χ1n) is 6.76. The van der Waals surface area contributed by atoms with Crippen LogP contribution in [0.3, 0.4) is 0 Å². The number of hydrogen-bond donors (Lipinski definition) is 1. The molecule has 0 radical (unpaired) electrons. The maximum absolute atomic E-state index is 6.07. The number of benzene rings is 1. The third-order valence-electron chi connectivity index (χ3n) is 3.30. The van der Waals surface area contributed by atoms with Crippen molar-refractivity contribution in [3.63, 3.8) is 0 Å². The van der Waals surface area contributed by atoms with Crippen molar-refractivity contribution >= 4 is 11.6 Å². The molecule has 0 aromatic heterocycles. The lowest BCUT2D eigenvalue weighted by Gasteiger charge is -2.18. The average Bonchev–Trinajstić information content (AvgIpc) is 2.37. The molecule has 0 heterocycles. The van der Waals surface area contributed by atoms with Gasteiger partial charge in [-0.1, -0.05) is 25.4 Å². The predicted octanol–water partition coefficient (Wildman–Crippen LogP) is 4.36. The Bertz CT molecular complexity index is 368. The van der Waals surface area contributed by atoms with E-state index >= 15 is 0 Å². The molecule has 2 N–H and O–H groups in total. The van der Waals surface area contributed by atoms with Crippen LogP contribution in [0, 0.1) is 0 Å². The highest BCUT2D eigenvalue weighted by atomic mass is 35.5. The highest BCUT2D eigenvalue weighted by Crippen LogP contribution is 2.32. The molecule has 2 atom stereocenters. The van der Waals surface area contributed by atoms with Gasteiger partial charge in [-0.05, 0) is 55.9 Å². The summed E-state index contributed by atoms with van der Waals surface area (Å²) in [6.45, 7) is 7.00. The predicted molar refractivity (Wildman–Crippen MR) is 78.5 cm³/mol. The van der Waals surface area contributed by atoms with E-state index in [-0.39, 0.29) is 0 Å². The first kappa shape index (κ1) is 15.3. The molecule has 0 aliphatic rings. The second-order valence-corrected chi connectivity index (χ2v) is 5.20. The van der Waals surface area contributed by atoms with Gasteiger partial charge in [0.25, 0.3) is 0 Å². The van der Waals surface area contributed by atoms with Crippen molar-refractivity contribution < 1.29 is 4.74 Å². The molecule has 1 aromatic carbocycles. The molecular formula is C15H24ClNO. The molecule has 3 heteroatoms. The van der Waals surface area contributed by atoms with Gasteiger partial charge in [-0.15, -0.1) is 0 Å². The molecule has 0 aliphatic heterocycles. The summed E-state index contributed by atoms with van der Waals surface area (Å²) in [5.74, 6) is 1.36. The van der Waals surface area contributed by atoms with E-state index in [2.05, 4.69) is 13.8 Å². The molecule has 0 saturated carbocycles. The van der Waals surface area contributed by atoms with Crippen LogP contribution >= 0.6 is 11.6 Å². The molecule has 1 rings (SSSR count). The van der Waals surface area contributed by atoms with Gasteiger partial charge in [0.05, 0.1) is 6.61 Å². The Morgan fingerprint density at radius 2 is 2.00 bits per heavy atom. The van der Waals surface area contributed by atoms with Gasteiger partial charge in [-0.2, -0.15) is 0 Å². The van der Waals surface area contributed by atoms with E-state index in [9.17, 15) is 0 Å². The van der Waals surface area contributed by atoms with Crippen molar-refractivity contribution in [3.8, 4) is 5.75 Å². The maximum atomic E-state index is 6.07. The number of rotatable bonds is 7. The Labute approximate surface area is 115 Å². The lowest BCUT2D eigenvalue weighted by Crippen LogP contribution is -2.19. The second kappa shape index (κ2) is 7.65. The summed E-state index contributed by atoms with van der Waals surface area (Å²) < 4.78 is 5.66. The fourth-order valence-electron chi connectivity index (χ4n) is 2.02. The first-order valence-corrected chi connectivity index (χ1v) is 7.14. The average molecular weight is 270 g/mol. The standard InChI is InChI=1S/C15H24ClNO/c1-4-13(17)8-6-11(3)14-10-12(16)7-9-15(14)18-5-2/h7,9-11,13H,4-6,8,17H2,1-3H3. The second-order valence-electron chi connectivity index (χ2n) is 4.76. The topological polar surface area (TPSA) is 35.2 Å². The minimum absolute atomic E-state index is 0.294. The van der Waals surface area contributed by atoms with Gasteiger partial charge in [0.15, 0.2) is 0 Å². The zero-order valence-electron chi connectivity index (χ0n) is 11.6. The zero-order valence-corrected chi connectivity index (χ0v) is 12.3. The van der Waals surface area contributed by atoms with Crippen LogP contribution < -0.4 is 10.5 Å². The van der Waals surface area contributed by atoms with Crippen molar-refractivity contribution in [2.45, 2.75) is 52.0 Å². The molecule has 2 unspecified atom stereocenters. The van der Waals surface area contributed by atoms with Gasteiger partial charge < -0.3 is 10.5 Å². The molecule has 1 aromatic rings. The SMILES string of the molecule is CCOc1ccc(Cl)cc1C(C)CCC(N)CC. The molecule has 0 amide bonds. The Kier molecular flexibility index (Phi) is 6.51. The number of nitrogens with two attached hydrogens (primary N) is 1. The van der Waals surface area contributed by atoms with Gasteiger partial charge in [0, 0.05) is 11.1 Å². The Balaban J connectivity index is 2.76. The third-order valence-corrected chi connectivity index (χ3v) is 3.53. The summed E-state index contributed by atoms with van der Waals surface area (Å²) in [6, 6.07) is 6.13. The number of hydrogen-bond acceptors (Lipinski definition) is 2. The zero-order chi connectivity index (χ0) is 13.5. The van der Waals surface area contributed by atoms with Crippen LogP contribution in [0.15, 0.2) is 18.2 Å². The van der Waals surface area contributed by atoms with Gasteiger partial charge >= 0.3 is 0 Å². The minimum Gasteiger partial charge on any atom is -0.494 e. The van der Waals surface area contributed by atoms with Crippen molar-refractivity contribution in [1.29, 1.82) is 0 Å². The minimum atomic E-state index is 0.294. The smallest absolute Gasteiger partial charge is 0.122 e. The first-order chi connectivity index (χ1) is 8.58. The van der Waals surface area contributed by atoms with Crippen LogP contribution in [0.4, 0.5) is 0 Å². The normalized spacial score (nSPS) is 14.3. The maximum Gasteiger partial charge on any atom is 0.122 e. The van der Waals surface area contributed by atoms with E-state index in [0.717, 1.165) is 30.0 Å². The van der Waals surface area contributed by atoms with Crippen LogP contribution in [0.2, 0.25) is 5.02 Å². The lowest BCUT2D eigenvalue weighted by atomic mass is 9.93. The van der Waals surface area contributed by atoms with E-state index in [1.165, 1.54) is 5.56 Å².